The van der Waals surface area contributed by atoms with Crippen molar-refractivity contribution in [1.29, 1.82) is 0 Å². The highest BCUT2D eigenvalue weighted by atomic mass is 16.6. The summed E-state index contributed by atoms with van der Waals surface area (Å²) in [6, 6.07) is 5.91. The highest BCUT2D eigenvalue weighted by Crippen LogP contribution is 2.33. The Morgan fingerprint density at radius 2 is 1.71 bits per heavy atom. The minimum absolute atomic E-state index is 0.00898. The number of benzene rings is 1. The predicted molar refractivity (Wildman–Crippen MR) is 133 cm³/mol. The number of esters is 3. The van der Waals surface area contributed by atoms with Gasteiger partial charge in [-0.25, -0.2) is 19.2 Å². The lowest BCUT2D eigenvalue weighted by molar-refractivity contribution is -0.148. The Balaban J connectivity index is 2.22. The van der Waals surface area contributed by atoms with Crippen molar-refractivity contribution in [3.63, 3.8) is 0 Å². The van der Waals surface area contributed by atoms with Gasteiger partial charge in [-0.2, -0.15) is 0 Å². The number of carbonyl (C=O) groups is 5. The molecule has 12 nitrogen and oxygen atoms in total. The Labute approximate surface area is 221 Å². The molecule has 0 bridgehead atoms. The van der Waals surface area contributed by atoms with Crippen molar-refractivity contribution in [2.24, 2.45) is 0 Å². The molecule has 0 saturated carbocycles. The van der Waals surface area contributed by atoms with Crippen LogP contribution in [-0.2, 0) is 44.7 Å². The van der Waals surface area contributed by atoms with Gasteiger partial charge in [0.2, 0.25) is 0 Å². The number of nitrogens with zero attached hydrogens (tertiary/aromatic N) is 1. The van der Waals surface area contributed by atoms with Crippen LogP contribution in [0.5, 0.6) is 0 Å². The summed E-state index contributed by atoms with van der Waals surface area (Å²) in [7, 11) is 2.35. The second-order valence-electron chi connectivity index (χ2n) is 9.74. The van der Waals surface area contributed by atoms with Gasteiger partial charge in [-0.3, -0.25) is 9.69 Å². The quantitative estimate of drug-likeness (QED) is 0.369. The van der Waals surface area contributed by atoms with E-state index in [-0.39, 0.29) is 25.9 Å². The maximum atomic E-state index is 13.1. The monoisotopic (exact) mass is 536 g/mol. The number of carbonyl (C=O) groups excluding carboxylic acids is 5. The molecule has 210 valence electrons. The number of alkyl carbamates (subject to hydrolysis) is 1. The van der Waals surface area contributed by atoms with E-state index in [0.717, 1.165) is 5.56 Å². The zero-order valence-corrected chi connectivity index (χ0v) is 22.6. The summed E-state index contributed by atoms with van der Waals surface area (Å²) in [5, 5.41) is 2.48. The van der Waals surface area contributed by atoms with Gasteiger partial charge >= 0.3 is 30.1 Å². The van der Waals surface area contributed by atoms with Gasteiger partial charge in [0.25, 0.3) is 0 Å². The summed E-state index contributed by atoms with van der Waals surface area (Å²) in [5.74, 6) is -2.05. The summed E-state index contributed by atoms with van der Waals surface area (Å²) in [4.78, 5) is 63.5. The van der Waals surface area contributed by atoms with E-state index in [1.54, 1.807) is 45.0 Å². The molecule has 0 unspecified atom stereocenters. The molecule has 1 N–H and O–H groups in total. The van der Waals surface area contributed by atoms with E-state index in [0.29, 0.717) is 0 Å². The minimum atomic E-state index is -1.14. The third-order valence-electron chi connectivity index (χ3n) is 5.71. The van der Waals surface area contributed by atoms with Crippen LogP contribution in [0.15, 0.2) is 30.3 Å². The van der Waals surface area contributed by atoms with Crippen molar-refractivity contribution in [2.45, 2.75) is 83.4 Å². The zero-order valence-electron chi connectivity index (χ0n) is 22.6. The maximum absolute atomic E-state index is 13.1. The van der Waals surface area contributed by atoms with Crippen LogP contribution >= 0.6 is 0 Å². The van der Waals surface area contributed by atoms with E-state index in [9.17, 15) is 24.0 Å². The first kappa shape index (κ1) is 30.4. The van der Waals surface area contributed by atoms with E-state index in [2.05, 4.69) is 5.32 Å². The van der Waals surface area contributed by atoms with E-state index < -0.39 is 59.9 Å². The summed E-state index contributed by atoms with van der Waals surface area (Å²) in [5.41, 5.74) is -0.116. The van der Waals surface area contributed by atoms with Gasteiger partial charge < -0.3 is 29.0 Å². The molecule has 38 heavy (non-hydrogen) atoms. The number of amides is 2. The zero-order chi connectivity index (χ0) is 28.5. The molecule has 1 aromatic carbocycles. The fraction of sp³-hybridized carbons (Fsp3) is 0.577. The van der Waals surface area contributed by atoms with Gasteiger partial charge in [0.05, 0.1) is 20.3 Å². The van der Waals surface area contributed by atoms with Crippen LogP contribution in [0.3, 0.4) is 0 Å². The van der Waals surface area contributed by atoms with Gasteiger partial charge in [0.1, 0.15) is 30.4 Å². The number of rotatable bonds is 9. The normalized spacial score (nSPS) is 19.6. The van der Waals surface area contributed by atoms with Crippen molar-refractivity contribution in [2.75, 3.05) is 14.2 Å². The summed E-state index contributed by atoms with van der Waals surface area (Å²) in [6.07, 6.45) is -2.54. The molecule has 0 radical (unpaired) electrons. The minimum Gasteiger partial charge on any atom is -0.467 e. The maximum Gasteiger partial charge on any atom is 0.411 e. The molecule has 2 rings (SSSR count). The lowest BCUT2D eigenvalue weighted by Gasteiger charge is -2.32. The van der Waals surface area contributed by atoms with Gasteiger partial charge in [-0.05, 0) is 39.2 Å². The predicted octanol–water partition coefficient (Wildman–Crippen LogP) is 2.72. The molecular weight excluding hydrogens is 500 g/mol. The molecule has 2 amide bonds. The second kappa shape index (κ2) is 13.6. The second-order valence-corrected chi connectivity index (χ2v) is 9.74. The van der Waals surface area contributed by atoms with Gasteiger partial charge in [0.15, 0.2) is 0 Å². The molecule has 0 aliphatic carbocycles. The molecule has 0 spiro atoms. The van der Waals surface area contributed by atoms with Crippen LogP contribution in [-0.4, -0.2) is 79.0 Å². The first-order valence-corrected chi connectivity index (χ1v) is 12.2. The van der Waals surface area contributed by atoms with Crippen molar-refractivity contribution < 1.29 is 47.7 Å². The summed E-state index contributed by atoms with van der Waals surface area (Å²) in [6.45, 7) is 6.22. The Morgan fingerprint density at radius 1 is 1.05 bits per heavy atom. The Morgan fingerprint density at radius 3 is 2.26 bits per heavy atom. The molecule has 12 heteroatoms. The molecule has 4 atom stereocenters. The van der Waals surface area contributed by atoms with Gasteiger partial charge in [0, 0.05) is 13.3 Å². The van der Waals surface area contributed by atoms with E-state index in [4.69, 9.17) is 23.7 Å². The number of hydrogen-bond acceptors (Lipinski definition) is 10. The molecule has 1 saturated heterocycles. The number of methoxy groups -OCH3 is 2. The SMILES string of the molecule is COC(=O)[C@H](CC[C@H]1[C@H](OC(C)=O)C[C@@H](C(=O)OC)N1C(=O)OC(C)(C)C)NC(=O)OCc1ccccc1. The first-order chi connectivity index (χ1) is 17.9. The van der Waals surface area contributed by atoms with Crippen molar-refractivity contribution in [3.8, 4) is 0 Å². The highest BCUT2D eigenvalue weighted by molar-refractivity contribution is 5.83. The molecule has 1 aliphatic rings. The van der Waals surface area contributed by atoms with Crippen LogP contribution in [0.4, 0.5) is 9.59 Å². The van der Waals surface area contributed by atoms with Crippen LogP contribution in [0, 0.1) is 0 Å². The van der Waals surface area contributed by atoms with Crippen LogP contribution in [0.2, 0.25) is 0 Å². The van der Waals surface area contributed by atoms with E-state index in [1.807, 2.05) is 6.07 Å². The fourth-order valence-electron chi connectivity index (χ4n) is 4.12. The van der Waals surface area contributed by atoms with Crippen molar-refractivity contribution >= 4 is 30.1 Å². The molecule has 1 fully saturated rings. The van der Waals surface area contributed by atoms with Crippen LogP contribution in [0.25, 0.3) is 0 Å². The molecule has 1 aliphatic heterocycles. The molecular formula is C26H36N2O10. The van der Waals surface area contributed by atoms with E-state index >= 15 is 0 Å². The topological polar surface area (TPSA) is 147 Å². The van der Waals surface area contributed by atoms with Crippen molar-refractivity contribution in [1.82, 2.24) is 10.2 Å². The van der Waals surface area contributed by atoms with Gasteiger partial charge in [-0.15, -0.1) is 0 Å². The lowest BCUT2D eigenvalue weighted by Crippen LogP contribution is -2.50. The average Bonchev–Trinajstić information content (AvgIpc) is 3.21. The summed E-state index contributed by atoms with van der Waals surface area (Å²) < 4.78 is 25.8. The smallest absolute Gasteiger partial charge is 0.411 e. The van der Waals surface area contributed by atoms with Gasteiger partial charge in [-0.1, -0.05) is 30.3 Å². The summed E-state index contributed by atoms with van der Waals surface area (Å²) >= 11 is 0. The van der Waals surface area contributed by atoms with Crippen molar-refractivity contribution in [3.05, 3.63) is 35.9 Å². The number of nitrogens with one attached hydrogen (secondary N) is 1. The van der Waals surface area contributed by atoms with Crippen LogP contribution < -0.4 is 5.32 Å². The molecule has 0 aromatic heterocycles. The average molecular weight is 537 g/mol. The Bertz CT molecular complexity index is 991. The molecule has 1 heterocycles. The fourth-order valence-corrected chi connectivity index (χ4v) is 4.12. The molecule has 1 aromatic rings. The standard InChI is InChI=1S/C26H36N2O10/c1-16(29)37-21-14-20(23(31)35-6)28(25(33)38-26(2,3)4)19(21)13-12-18(22(30)34-5)27-24(32)36-15-17-10-8-7-9-11-17/h7-11,18-21H,12-15H2,1-6H3,(H,27,32)/t18-,19-,20-,21+/m0/s1. The van der Waals surface area contributed by atoms with E-state index in [1.165, 1.54) is 26.0 Å². The number of ether oxygens (including phenoxy) is 5. The number of likely N-dealkylation sites (tertiary alicyclic amines) is 1. The Kier molecular flexibility index (Phi) is 10.9. The lowest BCUT2D eigenvalue weighted by atomic mass is 10.0. The third-order valence-corrected chi connectivity index (χ3v) is 5.71. The van der Waals surface area contributed by atoms with Crippen LogP contribution in [0.1, 0.15) is 52.5 Å². The highest BCUT2D eigenvalue weighted by Gasteiger charge is 2.50. The largest absolute Gasteiger partial charge is 0.467 e. The first-order valence-electron chi connectivity index (χ1n) is 12.2. The Hall–Kier alpha value is -3.83. The third kappa shape index (κ3) is 8.93. The number of hydrogen-bond donors (Lipinski definition) is 1.